The third-order valence-corrected chi connectivity index (χ3v) is 7.19. The van der Waals surface area contributed by atoms with Crippen LogP contribution in [-0.4, -0.2) is 18.0 Å². The van der Waals surface area contributed by atoms with Crippen molar-refractivity contribution in [2.24, 2.45) is 4.99 Å². The van der Waals surface area contributed by atoms with Crippen molar-refractivity contribution in [3.8, 4) is 16.3 Å². The first kappa shape index (κ1) is 23.6. The molecule has 0 aliphatic heterocycles. The Morgan fingerprint density at radius 3 is 2.55 bits per heavy atom. The zero-order chi connectivity index (χ0) is 26.1. The van der Waals surface area contributed by atoms with Gasteiger partial charge in [0.2, 0.25) is 5.55 Å². The molecule has 38 heavy (non-hydrogen) atoms. The van der Waals surface area contributed by atoms with Gasteiger partial charge in [0.05, 0.1) is 23.0 Å². The molecule has 6 nitrogen and oxygen atoms in total. The summed E-state index contributed by atoms with van der Waals surface area (Å²) < 4.78 is 12.6. The second kappa shape index (κ2) is 9.95. The van der Waals surface area contributed by atoms with Gasteiger partial charge in [0.25, 0.3) is 5.91 Å². The maximum absolute atomic E-state index is 13.3. The second-order valence-corrected chi connectivity index (χ2v) is 9.87. The Morgan fingerprint density at radius 2 is 1.76 bits per heavy atom. The lowest BCUT2D eigenvalue weighted by Gasteiger charge is -2.08. The number of hydrogen-bond donors (Lipinski definition) is 1. The number of aryl methyl sites for hydroxylation is 1. The molecule has 6 rings (SSSR count). The number of nitrogens with zero attached hydrogens (tertiary/aromatic N) is 2. The number of ether oxygens (including phenoxy) is 1. The Kier molecular flexibility index (Phi) is 6.19. The van der Waals surface area contributed by atoms with E-state index in [9.17, 15) is 4.79 Å². The zero-order valence-corrected chi connectivity index (χ0v) is 21.6. The van der Waals surface area contributed by atoms with E-state index in [-0.39, 0.29) is 11.5 Å². The van der Waals surface area contributed by atoms with E-state index >= 15 is 0 Å². The van der Waals surface area contributed by atoms with E-state index in [1.54, 1.807) is 24.5 Å². The van der Waals surface area contributed by atoms with Crippen LogP contribution in [0.5, 0.6) is 5.75 Å². The number of nitrogens with one attached hydrogen (secondary N) is 1. The second-order valence-electron chi connectivity index (χ2n) is 8.84. The first-order valence-corrected chi connectivity index (χ1v) is 12.9. The molecule has 0 atom stereocenters. The molecule has 1 N–H and O–H groups in total. The molecule has 186 valence electrons. The summed E-state index contributed by atoms with van der Waals surface area (Å²) in [6, 6.07) is 30.6. The molecule has 0 fully saturated rings. The first-order valence-electron chi connectivity index (χ1n) is 12.1. The standard InChI is InChI=1S/C31H23N3O3S/c1-19-8-14-26-28(16-19)38-31(34-26)20-9-11-23(12-10-20)33-30-25(29(35)32-22-6-4-3-5-7-22)18-21-17-24(36-2)13-15-27(21)37-30/h3-18H,1-2H3,(H,32,35). The van der Waals surface area contributed by atoms with Crippen molar-refractivity contribution in [2.75, 3.05) is 12.4 Å². The highest BCUT2D eigenvalue weighted by atomic mass is 32.1. The minimum absolute atomic E-state index is 0.222. The molecular formula is C31H23N3O3S. The summed E-state index contributed by atoms with van der Waals surface area (Å²) in [5.74, 6) is 0.359. The monoisotopic (exact) mass is 517 g/mol. The van der Waals surface area contributed by atoms with Gasteiger partial charge in [-0.15, -0.1) is 11.3 Å². The van der Waals surface area contributed by atoms with Crippen LogP contribution in [0.15, 0.2) is 106 Å². The van der Waals surface area contributed by atoms with E-state index in [2.05, 4.69) is 24.4 Å². The summed E-state index contributed by atoms with van der Waals surface area (Å²) in [4.78, 5) is 22.8. The molecule has 0 aliphatic rings. The number of anilines is 1. The van der Waals surface area contributed by atoms with Crippen LogP contribution in [-0.2, 0) is 0 Å². The lowest BCUT2D eigenvalue weighted by Crippen LogP contribution is -2.21. The molecule has 0 saturated carbocycles. The lowest BCUT2D eigenvalue weighted by atomic mass is 10.1. The van der Waals surface area contributed by atoms with Gasteiger partial charge in [0.15, 0.2) is 0 Å². The topological polar surface area (TPSA) is 76.7 Å². The number of thiazole rings is 1. The van der Waals surface area contributed by atoms with E-state index in [4.69, 9.17) is 19.1 Å². The quantitative estimate of drug-likeness (QED) is 0.257. The van der Waals surface area contributed by atoms with Gasteiger partial charge in [-0.3, -0.25) is 4.79 Å². The smallest absolute Gasteiger partial charge is 0.261 e. The fraction of sp³-hybridized carbons (Fsp3) is 0.0645. The van der Waals surface area contributed by atoms with Gasteiger partial charge in [-0.05, 0) is 85.3 Å². The zero-order valence-electron chi connectivity index (χ0n) is 20.8. The number of aromatic nitrogens is 1. The summed E-state index contributed by atoms with van der Waals surface area (Å²) in [5, 5.41) is 4.62. The molecule has 0 bridgehead atoms. The van der Waals surface area contributed by atoms with E-state index in [1.807, 2.05) is 78.9 Å². The van der Waals surface area contributed by atoms with E-state index in [1.165, 1.54) is 5.56 Å². The molecule has 2 heterocycles. The Balaban J connectivity index is 1.40. The van der Waals surface area contributed by atoms with Gasteiger partial charge in [-0.2, -0.15) is 0 Å². The first-order chi connectivity index (χ1) is 18.6. The van der Waals surface area contributed by atoms with E-state index < -0.39 is 0 Å². The van der Waals surface area contributed by atoms with E-state index in [0.717, 1.165) is 26.2 Å². The van der Waals surface area contributed by atoms with Crippen LogP contribution in [0.25, 0.3) is 31.8 Å². The summed E-state index contributed by atoms with van der Waals surface area (Å²) in [6.45, 7) is 2.08. The SMILES string of the molecule is COc1ccc2oc(=Nc3ccc(-c4nc5ccc(C)cc5s4)cc3)c(C(=O)Nc3ccccc3)cc2c1. The Hall–Kier alpha value is -4.75. The molecule has 1 amide bonds. The van der Waals surface area contributed by atoms with Crippen molar-refractivity contribution in [3.63, 3.8) is 0 Å². The maximum Gasteiger partial charge on any atom is 0.261 e. The number of rotatable bonds is 5. The summed E-state index contributed by atoms with van der Waals surface area (Å²) in [5.41, 5.74) is 5.70. The summed E-state index contributed by atoms with van der Waals surface area (Å²) >= 11 is 1.66. The predicted octanol–water partition coefficient (Wildman–Crippen LogP) is 7.51. The van der Waals surface area contributed by atoms with Crippen molar-refractivity contribution in [1.82, 2.24) is 4.98 Å². The molecule has 4 aromatic carbocycles. The van der Waals surface area contributed by atoms with Crippen molar-refractivity contribution in [2.45, 2.75) is 6.92 Å². The normalized spacial score (nSPS) is 11.7. The van der Waals surface area contributed by atoms with Crippen LogP contribution < -0.4 is 15.6 Å². The van der Waals surface area contributed by atoms with Crippen LogP contribution in [0, 0.1) is 6.92 Å². The predicted molar refractivity (Wildman–Crippen MR) is 152 cm³/mol. The van der Waals surface area contributed by atoms with Crippen LogP contribution in [0.1, 0.15) is 15.9 Å². The lowest BCUT2D eigenvalue weighted by molar-refractivity contribution is 0.102. The minimum atomic E-state index is -0.315. The molecular weight excluding hydrogens is 494 g/mol. The molecule has 0 spiro atoms. The molecule has 0 radical (unpaired) electrons. The molecule has 6 aromatic rings. The fourth-order valence-electron chi connectivity index (χ4n) is 4.15. The number of fused-ring (bicyclic) bond motifs is 2. The van der Waals surface area contributed by atoms with Gasteiger partial charge in [0.1, 0.15) is 21.9 Å². The van der Waals surface area contributed by atoms with Crippen molar-refractivity contribution < 1.29 is 13.9 Å². The van der Waals surface area contributed by atoms with Crippen LogP contribution in [0.2, 0.25) is 0 Å². The van der Waals surface area contributed by atoms with Crippen molar-refractivity contribution in [3.05, 3.63) is 114 Å². The van der Waals surface area contributed by atoms with Gasteiger partial charge >= 0.3 is 0 Å². The van der Waals surface area contributed by atoms with E-state index in [0.29, 0.717) is 28.3 Å². The minimum Gasteiger partial charge on any atom is -0.497 e. The highest BCUT2D eigenvalue weighted by Crippen LogP contribution is 2.31. The van der Waals surface area contributed by atoms with Crippen LogP contribution >= 0.6 is 11.3 Å². The van der Waals surface area contributed by atoms with Crippen LogP contribution in [0.3, 0.4) is 0 Å². The number of methoxy groups -OCH3 is 1. The Morgan fingerprint density at radius 1 is 0.947 bits per heavy atom. The number of benzene rings is 4. The Bertz CT molecular complexity index is 1860. The van der Waals surface area contributed by atoms with Crippen molar-refractivity contribution >= 4 is 49.8 Å². The molecule has 2 aromatic heterocycles. The summed E-state index contributed by atoms with van der Waals surface area (Å²) in [6.07, 6.45) is 0. The number of amides is 1. The number of para-hydroxylation sites is 1. The average Bonchev–Trinajstić information content (AvgIpc) is 3.36. The highest BCUT2D eigenvalue weighted by molar-refractivity contribution is 7.21. The molecule has 0 saturated heterocycles. The number of carbonyl (C=O) groups excluding carboxylic acids is 1. The van der Waals surface area contributed by atoms with Gasteiger partial charge in [-0.25, -0.2) is 9.98 Å². The largest absolute Gasteiger partial charge is 0.497 e. The molecule has 0 unspecified atom stereocenters. The van der Waals surface area contributed by atoms with Gasteiger partial charge in [0, 0.05) is 16.6 Å². The molecule has 0 aliphatic carbocycles. The fourth-order valence-corrected chi connectivity index (χ4v) is 5.22. The molecule has 7 heteroatoms. The summed E-state index contributed by atoms with van der Waals surface area (Å²) in [7, 11) is 1.60. The maximum atomic E-state index is 13.3. The van der Waals surface area contributed by atoms with Gasteiger partial charge < -0.3 is 14.5 Å². The van der Waals surface area contributed by atoms with Crippen LogP contribution in [0.4, 0.5) is 11.4 Å². The third kappa shape index (κ3) is 4.79. The Labute approximate surface area is 222 Å². The van der Waals surface area contributed by atoms with Crippen molar-refractivity contribution in [1.29, 1.82) is 0 Å². The highest BCUT2D eigenvalue weighted by Gasteiger charge is 2.14. The number of carbonyl (C=O) groups is 1. The average molecular weight is 518 g/mol. The third-order valence-electron chi connectivity index (χ3n) is 6.12. The number of hydrogen-bond acceptors (Lipinski definition) is 6. The van der Waals surface area contributed by atoms with Gasteiger partial charge in [-0.1, -0.05) is 24.3 Å².